The topological polar surface area (TPSA) is 45.7 Å². The fourth-order valence-corrected chi connectivity index (χ4v) is 2.38. The number of guanidine groups is 1. The molecule has 0 radical (unpaired) electrons. The number of rotatable bonds is 9. The van der Waals surface area contributed by atoms with E-state index in [1.807, 2.05) is 25.2 Å². The molecule has 22 heavy (non-hydrogen) atoms. The minimum absolute atomic E-state index is 0.150. The zero-order valence-corrected chi connectivity index (χ0v) is 13.8. The molecule has 1 atom stereocenters. The van der Waals surface area contributed by atoms with Crippen molar-refractivity contribution in [2.75, 3.05) is 26.7 Å². The van der Waals surface area contributed by atoms with Gasteiger partial charge in [0.25, 0.3) is 0 Å². The first-order chi connectivity index (χ1) is 10.8. The van der Waals surface area contributed by atoms with E-state index < -0.39 is 0 Å². The van der Waals surface area contributed by atoms with Crippen molar-refractivity contribution in [1.29, 1.82) is 0 Å². The molecule has 1 fully saturated rings. The maximum atomic E-state index is 5.86. The number of ether oxygens (including phenoxy) is 1. The van der Waals surface area contributed by atoms with E-state index in [1.165, 1.54) is 24.8 Å². The van der Waals surface area contributed by atoms with E-state index in [9.17, 15) is 0 Å². The predicted octanol–water partition coefficient (Wildman–Crippen LogP) is 3.12. The Labute approximate surface area is 134 Å². The van der Waals surface area contributed by atoms with E-state index in [1.54, 1.807) is 0 Å². The molecule has 1 aliphatic rings. The van der Waals surface area contributed by atoms with Crippen molar-refractivity contribution in [3.05, 3.63) is 35.9 Å². The highest BCUT2D eigenvalue weighted by Gasteiger charge is 2.20. The first-order valence-electron chi connectivity index (χ1n) is 8.40. The molecule has 1 aromatic rings. The lowest BCUT2D eigenvalue weighted by atomic mass is 10.1. The van der Waals surface area contributed by atoms with Gasteiger partial charge >= 0.3 is 0 Å². The normalized spacial score (nSPS) is 16.4. The van der Waals surface area contributed by atoms with Crippen LogP contribution < -0.4 is 10.6 Å². The van der Waals surface area contributed by atoms with Crippen LogP contribution in [0.15, 0.2) is 35.3 Å². The molecular weight excluding hydrogens is 274 g/mol. The van der Waals surface area contributed by atoms with Crippen molar-refractivity contribution in [3.63, 3.8) is 0 Å². The largest absolute Gasteiger partial charge is 0.374 e. The Kier molecular flexibility index (Phi) is 7.23. The summed E-state index contributed by atoms with van der Waals surface area (Å²) in [5.74, 6) is 1.86. The highest BCUT2D eigenvalue weighted by atomic mass is 16.5. The van der Waals surface area contributed by atoms with Gasteiger partial charge in [0.05, 0.1) is 6.10 Å². The number of nitrogens with zero attached hydrogens (tertiary/aromatic N) is 1. The van der Waals surface area contributed by atoms with Crippen LogP contribution in [0, 0.1) is 5.92 Å². The molecule has 1 unspecified atom stereocenters. The average molecular weight is 303 g/mol. The summed E-state index contributed by atoms with van der Waals surface area (Å²) in [6.07, 6.45) is 5.20. The minimum Gasteiger partial charge on any atom is -0.374 e. The monoisotopic (exact) mass is 303 g/mol. The molecule has 4 nitrogen and oxygen atoms in total. The molecule has 0 amide bonds. The number of nitrogens with one attached hydrogen (secondary N) is 2. The smallest absolute Gasteiger partial charge is 0.190 e. The van der Waals surface area contributed by atoms with Gasteiger partial charge in [0.15, 0.2) is 5.96 Å². The van der Waals surface area contributed by atoms with Crippen molar-refractivity contribution >= 4 is 5.96 Å². The molecule has 122 valence electrons. The Bertz CT molecular complexity index is 443. The Balaban J connectivity index is 1.52. The third-order valence-electron chi connectivity index (χ3n) is 4.02. The third kappa shape index (κ3) is 6.48. The molecule has 2 rings (SSSR count). The van der Waals surface area contributed by atoms with Gasteiger partial charge in [0, 0.05) is 26.7 Å². The van der Waals surface area contributed by atoms with Crippen LogP contribution in [-0.4, -0.2) is 32.7 Å². The highest BCUT2D eigenvalue weighted by molar-refractivity contribution is 5.79. The summed E-state index contributed by atoms with van der Waals surface area (Å²) in [5, 5.41) is 6.70. The van der Waals surface area contributed by atoms with E-state index in [0.29, 0.717) is 0 Å². The Hall–Kier alpha value is -1.55. The van der Waals surface area contributed by atoms with E-state index in [4.69, 9.17) is 4.74 Å². The van der Waals surface area contributed by atoms with Gasteiger partial charge in [-0.25, -0.2) is 0 Å². The highest BCUT2D eigenvalue weighted by Crippen LogP contribution is 2.31. The Morgan fingerprint density at radius 2 is 1.95 bits per heavy atom. The molecule has 0 bridgehead atoms. The summed E-state index contributed by atoms with van der Waals surface area (Å²) in [7, 11) is 1.82. The van der Waals surface area contributed by atoms with Gasteiger partial charge in [-0.2, -0.15) is 0 Å². The fraction of sp³-hybridized carbons (Fsp3) is 0.611. The molecule has 4 heteroatoms. The van der Waals surface area contributed by atoms with Crippen LogP contribution in [0.3, 0.4) is 0 Å². The van der Waals surface area contributed by atoms with Gasteiger partial charge < -0.3 is 15.4 Å². The third-order valence-corrected chi connectivity index (χ3v) is 4.02. The van der Waals surface area contributed by atoms with Gasteiger partial charge in [-0.15, -0.1) is 0 Å². The number of hydrogen-bond acceptors (Lipinski definition) is 2. The van der Waals surface area contributed by atoms with Gasteiger partial charge in [0.2, 0.25) is 0 Å². The Morgan fingerprint density at radius 3 is 2.64 bits per heavy atom. The summed E-state index contributed by atoms with van der Waals surface area (Å²) in [6, 6.07) is 10.3. The quantitative estimate of drug-likeness (QED) is 0.418. The lowest BCUT2D eigenvalue weighted by Crippen LogP contribution is -2.38. The van der Waals surface area contributed by atoms with E-state index in [2.05, 4.69) is 34.7 Å². The fourth-order valence-electron chi connectivity index (χ4n) is 2.38. The molecule has 0 heterocycles. The van der Waals surface area contributed by atoms with E-state index in [-0.39, 0.29) is 6.10 Å². The van der Waals surface area contributed by atoms with Crippen molar-refractivity contribution < 1.29 is 4.74 Å². The second kappa shape index (κ2) is 9.46. The first kappa shape index (κ1) is 16.8. The first-order valence-corrected chi connectivity index (χ1v) is 8.40. The van der Waals surface area contributed by atoms with Crippen molar-refractivity contribution in [3.8, 4) is 0 Å². The van der Waals surface area contributed by atoms with Crippen LogP contribution in [0.2, 0.25) is 0 Å². The summed E-state index contributed by atoms with van der Waals surface area (Å²) in [6.45, 7) is 4.75. The number of aliphatic imine (C=N–C) groups is 1. The second-order valence-electron chi connectivity index (χ2n) is 5.94. The summed E-state index contributed by atoms with van der Waals surface area (Å²) >= 11 is 0. The van der Waals surface area contributed by atoms with Crippen LogP contribution in [-0.2, 0) is 4.74 Å². The van der Waals surface area contributed by atoms with E-state index in [0.717, 1.165) is 38.0 Å². The summed E-state index contributed by atoms with van der Waals surface area (Å²) in [5.41, 5.74) is 1.23. The van der Waals surface area contributed by atoms with Gasteiger partial charge in [-0.1, -0.05) is 43.2 Å². The van der Waals surface area contributed by atoms with Crippen LogP contribution in [0.5, 0.6) is 0 Å². The van der Waals surface area contributed by atoms with Crippen molar-refractivity contribution in [1.82, 2.24) is 10.6 Å². The summed E-state index contributed by atoms with van der Waals surface area (Å²) < 4.78 is 5.86. The molecule has 1 saturated carbocycles. The van der Waals surface area contributed by atoms with Gasteiger partial charge in [-0.3, -0.25) is 4.99 Å². The maximum Gasteiger partial charge on any atom is 0.190 e. The van der Waals surface area contributed by atoms with Crippen LogP contribution in [0.4, 0.5) is 0 Å². The van der Waals surface area contributed by atoms with Crippen LogP contribution in [0.1, 0.15) is 44.3 Å². The van der Waals surface area contributed by atoms with Gasteiger partial charge in [-0.05, 0) is 31.2 Å². The molecular formula is C18H29N3O. The number of hydrogen-bond donors (Lipinski definition) is 2. The molecule has 0 saturated heterocycles. The lowest BCUT2D eigenvalue weighted by Gasteiger charge is -2.14. The van der Waals surface area contributed by atoms with Crippen LogP contribution in [0.25, 0.3) is 0 Å². The Morgan fingerprint density at radius 1 is 1.23 bits per heavy atom. The van der Waals surface area contributed by atoms with Gasteiger partial charge in [0.1, 0.15) is 0 Å². The van der Waals surface area contributed by atoms with E-state index >= 15 is 0 Å². The SMILES string of the molecule is CN=C(NCCCOC(C)c1ccccc1)NCCC1CC1. The number of benzene rings is 1. The molecule has 1 aromatic carbocycles. The molecule has 0 aliphatic heterocycles. The molecule has 0 spiro atoms. The maximum absolute atomic E-state index is 5.86. The van der Waals surface area contributed by atoms with Crippen LogP contribution >= 0.6 is 0 Å². The molecule has 0 aromatic heterocycles. The van der Waals surface area contributed by atoms with Crippen molar-refractivity contribution in [2.24, 2.45) is 10.9 Å². The zero-order valence-electron chi connectivity index (χ0n) is 13.8. The standard InChI is InChI=1S/C18H29N3O/c1-15(17-7-4-3-5-8-17)22-14-6-12-20-18(19-2)21-13-11-16-9-10-16/h3-5,7-8,15-16H,6,9-14H2,1-2H3,(H2,19,20,21). The summed E-state index contributed by atoms with van der Waals surface area (Å²) in [4.78, 5) is 4.24. The van der Waals surface area contributed by atoms with Crippen molar-refractivity contribution in [2.45, 2.75) is 38.7 Å². The lowest BCUT2D eigenvalue weighted by molar-refractivity contribution is 0.0646. The molecule has 1 aliphatic carbocycles. The zero-order chi connectivity index (χ0) is 15.6. The predicted molar refractivity (Wildman–Crippen MR) is 92.1 cm³/mol. The average Bonchev–Trinajstić information content (AvgIpc) is 3.37. The second-order valence-corrected chi connectivity index (χ2v) is 5.94. The minimum atomic E-state index is 0.150. The molecule has 2 N–H and O–H groups in total.